The van der Waals surface area contributed by atoms with Crippen molar-refractivity contribution < 1.29 is 4.42 Å². The second-order valence-corrected chi connectivity index (χ2v) is 23.4. The van der Waals surface area contributed by atoms with E-state index < -0.39 is 8.07 Å². The molecule has 3 nitrogen and oxygen atoms in total. The summed E-state index contributed by atoms with van der Waals surface area (Å²) in [7, 11) is -3.21. The first-order valence-electron chi connectivity index (χ1n) is 21.8. The topological polar surface area (TPSA) is 38.9 Å². The molecule has 0 bridgehead atoms. The first kappa shape index (κ1) is 37.1. The number of furan rings is 1. The summed E-state index contributed by atoms with van der Waals surface area (Å²) in [6, 6.07) is 71.0. The van der Waals surface area contributed by atoms with Crippen molar-refractivity contribution in [1.29, 1.82) is 0 Å². The van der Waals surface area contributed by atoms with E-state index in [0.717, 1.165) is 38.5 Å². The molecule has 0 fully saturated rings. The zero-order chi connectivity index (χ0) is 42.6. The van der Waals surface area contributed by atoms with Gasteiger partial charge in [0.1, 0.15) is 11.2 Å². The summed E-state index contributed by atoms with van der Waals surface area (Å²) in [6.45, 7) is 0. The summed E-state index contributed by atoms with van der Waals surface area (Å²) in [6.07, 6.45) is 4.06. The second-order valence-electron chi connectivity index (χ2n) is 16.7. The van der Waals surface area contributed by atoms with Crippen LogP contribution in [0.3, 0.4) is 0 Å². The van der Waals surface area contributed by atoms with Crippen molar-refractivity contribution in [3.8, 4) is 22.4 Å². The lowest BCUT2D eigenvalue weighted by Gasteiger charge is -2.34. The standard InChI is InChI=1S/C58H34N2OS3Si/c1-3-15-35(16-4-1)65(36-17-5-2-6-18-36,50-30-14-26-44-45-31-33-59-51(56(45)64-55(44)50)47-27-13-23-41-38-20-8-10-29-49(38)62-54(41)47)58-57-46(32-34-60-58)43-25-12-24-42(53(43)63-57)40-22-11-21-39-37-19-7-9-28-48(37)61-52(39)40/h1-34H. The van der Waals surface area contributed by atoms with Crippen LogP contribution < -0.4 is 20.9 Å². The summed E-state index contributed by atoms with van der Waals surface area (Å²) in [4.78, 5) is 10.8. The molecule has 0 saturated heterocycles. The molecule has 6 aromatic heterocycles. The monoisotopic (exact) mass is 898 g/mol. The van der Waals surface area contributed by atoms with E-state index in [2.05, 4.69) is 194 Å². The molecule has 0 spiro atoms. The van der Waals surface area contributed by atoms with Crippen LogP contribution in [0.15, 0.2) is 211 Å². The van der Waals surface area contributed by atoms with E-state index >= 15 is 0 Å². The van der Waals surface area contributed by atoms with Crippen LogP contribution in [0.1, 0.15) is 0 Å². The predicted molar refractivity (Wildman–Crippen MR) is 282 cm³/mol. The minimum Gasteiger partial charge on any atom is -0.455 e. The Morgan fingerprint density at radius 3 is 1.68 bits per heavy atom. The van der Waals surface area contributed by atoms with Gasteiger partial charge in [-0.15, -0.1) is 34.0 Å². The number of pyridine rings is 2. The molecule has 0 N–H and O–H groups in total. The number of benzene rings is 8. The third-order valence-electron chi connectivity index (χ3n) is 13.4. The van der Waals surface area contributed by atoms with E-state index in [1.54, 1.807) is 0 Å². The van der Waals surface area contributed by atoms with Gasteiger partial charge in [-0.1, -0.05) is 170 Å². The number of hydrogen-bond acceptors (Lipinski definition) is 6. The molecule has 8 aromatic carbocycles. The van der Waals surface area contributed by atoms with E-state index in [-0.39, 0.29) is 0 Å². The Hall–Kier alpha value is -7.26. The maximum atomic E-state index is 6.65. The highest BCUT2D eigenvalue weighted by atomic mass is 32.1. The summed E-state index contributed by atoms with van der Waals surface area (Å²) < 4.78 is 14.2. The van der Waals surface area contributed by atoms with E-state index in [0.29, 0.717) is 0 Å². The summed E-state index contributed by atoms with van der Waals surface area (Å²) in [5.41, 5.74) is 6.32. The van der Waals surface area contributed by atoms with Crippen LogP contribution in [0, 0.1) is 0 Å². The molecule has 0 radical (unpaired) electrons. The van der Waals surface area contributed by atoms with E-state index in [1.807, 2.05) is 46.3 Å². The average Bonchev–Trinajstić information content (AvgIpc) is 4.16. The summed E-state index contributed by atoms with van der Waals surface area (Å²) in [5.74, 6) is 0. The summed E-state index contributed by atoms with van der Waals surface area (Å²) in [5, 5.41) is 14.9. The number of rotatable bonds is 6. The zero-order valence-corrected chi connectivity index (χ0v) is 38.1. The van der Waals surface area contributed by atoms with Crippen molar-refractivity contribution in [2.24, 2.45) is 0 Å². The zero-order valence-electron chi connectivity index (χ0n) is 34.7. The van der Waals surface area contributed by atoms with Crippen molar-refractivity contribution in [2.75, 3.05) is 0 Å². The van der Waals surface area contributed by atoms with Crippen LogP contribution in [0.5, 0.6) is 0 Å². The molecular weight excluding hydrogens is 865 g/mol. The van der Waals surface area contributed by atoms with Crippen molar-refractivity contribution in [2.45, 2.75) is 0 Å². The van der Waals surface area contributed by atoms with Crippen LogP contribution in [0.4, 0.5) is 0 Å². The third kappa shape index (κ3) is 5.32. The quantitative estimate of drug-likeness (QED) is 0.123. The van der Waals surface area contributed by atoms with Crippen LogP contribution >= 0.6 is 34.0 Å². The average molecular weight is 899 g/mol. The Balaban J connectivity index is 1.07. The number of para-hydroxylation sites is 2. The molecule has 7 heteroatoms. The predicted octanol–water partition coefficient (Wildman–Crippen LogP) is 14.2. The largest absolute Gasteiger partial charge is 0.455 e. The molecule has 0 atom stereocenters. The molecule has 0 saturated carbocycles. The van der Waals surface area contributed by atoms with Crippen molar-refractivity contribution >= 4 is 145 Å². The van der Waals surface area contributed by atoms with Gasteiger partial charge in [-0.3, -0.25) is 9.97 Å². The lowest BCUT2D eigenvalue weighted by Crippen LogP contribution is -2.75. The Morgan fingerprint density at radius 1 is 0.354 bits per heavy atom. The summed E-state index contributed by atoms with van der Waals surface area (Å²) >= 11 is 5.63. The number of thiophene rings is 3. The third-order valence-corrected chi connectivity index (χ3v) is 22.2. The fraction of sp³-hybridized carbons (Fsp3) is 0. The van der Waals surface area contributed by atoms with E-state index in [9.17, 15) is 0 Å². The van der Waals surface area contributed by atoms with Crippen LogP contribution in [0.2, 0.25) is 0 Å². The molecule has 0 aliphatic rings. The molecule has 6 heterocycles. The lowest BCUT2D eigenvalue weighted by molar-refractivity contribution is 0.670. The molecule has 0 unspecified atom stereocenters. The number of hydrogen-bond donors (Lipinski definition) is 0. The molecule has 65 heavy (non-hydrogen) atoms. The highest BCUT2D eigenvalue weighted by Gasteiger charge is 2.46. The lowest BCUT2D eigenvalue weighted by atomic mass is 10.0. The van der Waals surface area contributed by atoms with Crippen molar-refractivity contribution in [1.82, 2.24) is 9.97 Å². The van der Waals surface area contributed by atoms with E-state index in [4.69, 9.17) is 14.4 Å². The Kier molecular flexibility index (Phi) is 8.21. The van der Waals surface area contributed by atoms with Gasteiger partial charge in [-0.2, -0.15) is 0 Å². The molecule has 0 amide bonds. The normalized spacial score (nSPS) is 12.3. The van der Waals surface area contributed by atoms with Gasteiger partial charge in [-0.05, 0) is 39.8 Å². The van der Waals surface area contributed by atoms with Gasteiger partial charge in [0, 0.05) is 91.0 Å². The second kappa shape index (κ2) is 14.4. The maximum absolute atomic E-state index is 6.65. The van der Waals surface area contributed by atoms with Crippen molar-refractivity contribution in [3.05, 3.63) is 207 Å². The smallest absolute Gasteiger partial charge is 0.205 e. The molecule has 304 valence electrons. The molecule has 0 aliphatic carbocycles. The highest BCUT2D eigenvalue weighted by molar-refractivity contribution is 7.34. The minimum atomic E-state index is -3.21. The van der Waals surface area contributed by atoms with Gasteiger partial charge in [0.2, 0.25) is 8.07 Å². The van der Waals surface area contributed by atoms with Gasteiger partial charge >= 0.3 is 0 Å². The fourth-order valence-corrected chi connectivity index (χ4v) is 20.1. The number of aromatic nitrogens is 2. The van der Waals surface area contributed by atoms with Gasteiger partial charge in [0.05, 0.1) is 20.4 Å². The highest BCUT2D eigenvalue weighted by Crippen LogP contribution is 2.46. The minimum absolute atomic E-state index is 0.905. The molecule has 0 aliphatic heterocycles. The van der Waals surface area contributed by atoms with Gasteiger partial charge in [-0.25, -0.2) is 0 Å². The van der Waals surface area contributed by atoms with Crippen LogP contribution in [-0.2, 0) is 0 Å². The maximum Gasteiger partial charge on any atom is 0.205 e. The first-order valence-corrected chi connectivity index (χ1v) is 26.2. The van der Waals surface area contributed by atoms with Crippen LogP contribution in [-0.4, -0.2) is 18.0 Å². The van der Waals surface area contributed by atoms with E-state index in [1.165, 1.54) is 87.2 Å². The van der Waals surface area contributed by atoms with Gasteiger partial charge in [0.15, 0.2) is 0 Å². The van der Waals surface area contributed by atoms with Gasteiger partial charge < -0.3 is 4.42 Å². The number of fused-ring (bicyclic) bond motifs is 12. The Labute approximate surface area is 386 Å². The SMILES string of the molecule is c1ccc([Si](c2ccccc2)(c2cccc3c2sc2c(-c4cccc5c4sc4ccccc45)nccc23)c2nccc3c2sc2c(-c4cccc5c4oc4ccccc45)cccc23)cc1. The Bertz CT molecular complexity index is 3930. The van der Waals surface area contributed by atoms with Crippen molar-refractivity contribution in [3.63, 3.8) is 0 Å². The Morgan fingerprint density at radius 2 is 0.892 bits per heavy atom. The van der Waals surface area contributed by atoms with Gasteiger partial charge in [0.25, 0.3) is 0 Å². The number of nitrogens with zero attached hydrogens (tertiary/aromatic N) is 2. The first-order chi connectivity index (χ1) is 32.3. The fourth-order valence-electron chi connectivity index (χ4n) is 10.6. The molecule has 14 aromatic rings. The van der Waals surface area contributed by atoms with Crippen LogP contribution in [0.25, 0.3) is 105 Å². The molecule has 14 rings (SSSR count). The molecular formula is C58H34N2OS3Si.